The number of hydrazine groups is 1. The summed E-state index contributed by atoms with van der Waals surface area (Å²) in [5.41, 5.74) is 2.69. The van der Waals surface area contributed by atoms with Crippen LogP contribution in [0.5, 0.6) is 0 Å². The first-order valence-electron chi connectivity index (χ1n) is 11.9. The summed E-state index contributed by atoms with van der Waals surface area (Å²) in [6, 6.07) is 5.90. The molecule has 0 atom stereocenters. The normalized spacial score (nSPS) is 22.3. The summed E-state index contributed by atoms with van der Waals surface area (Å²) in [7, 11) is 0. The highest BCUT2D eigenvalue weighted by Crippen LogP contribution is 2.37. The highest BCUT2D eigenvalue weighted by Gasteiger charge is 2.40. The van der Waals surface area contributed by atoms with Gasteiger partial charge in [-0.1, -0.05) is 18.9 Å². The van der Waals surface area contributed by atoms with Gasteiger partial charge in [-0.05, 0) is 62.7 Å². The van der Waals surface area contributed by atoms with Gasteiger partial charge in [0.25, 0.3) is 5.91 Å². The Bertz CT molecular complexity index is 860. The molecule has 0 spiro atoms. The number of hydrogen-bond acceptors (Lipinski definition) is 5. The van der Waals surface area contributed by atoms with Crippen LogP contribution in [0.4, 0.5) is 5.69 Å². The Kier molecular flexibility index (Phi) is 5.69. The maximum atomic E-state index is 13.2. The number of fused-ring (bicyclic) bond motifs is 1. The monoisotopic (exact) mass is 424 g/mol. The van der Waals surface area contributed by atoms with Gasteiger partial charge in [0.15, 0.2) is 0 Å². The number of nitrogens with one attached hydrogen (secondary N) is 1. The van der Waals surface area contributed by atoms with E-state index in [9.17, 15) is 14.4 Å². The molecule has 3 heterocycles. The van der Waals surface area contributed by atoms with E-state index in [1.54, 1.807) is 0 Å². The fourth-order valence-corrected chi connectivity index (χ4v) is 5.20. The highest BCUT2D eigenvalue weighted by molar-refractivity contribution is 6.05. The third kappa shape index (κ3) is 4.20. The topological polar surface area (TPSA) is 73.0 Å². The molecule has 1 saturated carbocycles. The summed E-state index contributed by atoms with van der Waals surface area (Å²) in [5.74, 6) is 0.728. The molecule has 1 aromatic rings. The van der Waals surface area contributed by atoms with Gasteiger partial charge < -0.3 is 10.2 Å². The van der Waals surface area contributed by atoms with E-state index < -0.39 is 0 Å². The van der Waals surface area contributed by atoms with Gasteiger partial charge in [0.05, 0.1) is 6.54 Å². The van der Waals surface area contributed by atoms with Crippen molar-refractivity contribution < 1.29 is 14.4 Å². The fourth-order valence-electron chi connectivity index (χ4n) is 5.20. The molecular weight excluding hydrogens is 392 g/mol. The molecule has 4 aliphatic rings. The van der Waals surface area contributed by atoms with Gasteiger partial charge >= 0.3 is 0 Å². The van der Waals surface area contributed by atoms with Crippen molar-refractivity contribution >= 4 is 23.4 Å². The fraction of sp³-hybridized carbons (Fsp3) is 0.625. The summed E-state index contributed by atoms with van der Waals surface area (Å²) < 4.78 is 0. The summed E-state index contributed by atoms with van der Waals surface area (Å²) in [4.78, 5) is 40.6. The first-order chi connectivity index (χ1) is 15.1. The van der Waals surface area contributed by atoms with Crippen molar-refractivity contribution in [1.82, 2.24) is 15.3 Å². The first-order valence-corrected chi connectivity index (χ1v) is 11.9. The van der Waals surface area contributed by atoms with Crippen LogP contribution in [0.2, 0.25) is 0 Å². The maximum Gasteiger partial charge on any atom is 0.273 e. The number of benzene rings is 1. The summed E-state index contributed by atoms with van der Waals surface area (Å²) in [6.45, 7) is 4.44. The first kappa shape index (κ1) is 20.5. The Morgan fingerprint density at radius 2 is 1.71 bits per heavy atom. The van der Waals surface area contributed by atoms with Crippen LogP contribution in [0.1, 0.15) is 67.3 Å². The van der Waals surface area contributed by atoms with E-state index in [0.717, 1.165) is 48.4 Å². The van der Waals surface area contributed by atoms with Crippen molar-refractivity contribution in [3.8, 4) is 0 Å². The Hall–Kier alpha value is -2.41. The molecule has 0 aromatic heterocycles. The zero-order chi connectivity index (χ0) is 21.4. The minimum atomic E-state index is -0.265. The number of imide groups is 1. The Morgan fingerprint density at radius 3 is 2.42 bits per heavy atom. The molecule has 1 aliphatic carbocycles. The van der Waals surface area contributed by atoms with Gasteiger partial charge in [-0.3, -0.25) is 14.4 Å². The van der Waals surface area contributed by atoms with E-state index in [2.05, 4.69) is 16.3 Å². The molecule has 2 saturated heterocycles. The van der Waals surface area contributed by atoms with Gasteiger partial charge in [-0.2, -0.15) is 5.01 Å². The Labute approximate surface area is 183 Å². The predicted molar refractivity (Wildman–Crippen MR) is 117 cm³/mol. The molecule has 1 N–H and O–H groups in total. The van der Waals surface area contributed by atoms with Crippen molar-refractivity contribution in [1.29, 1.82) is 0 Å². The van der Waals surface area contributed by atoms with E-state index in [1.165, 1.54) is 37.1 Å². The van der Waals surface area contributed by atoms with E-state index >= 15 is 0 Å². The molecule has 0 bridgehead atoms. The van der Waals surface area contributed by atoms with Crippen molar-refractivity contribution in [3.63, 3.8) is 0 Å². The number of piperidine rings is 2. The lowest BCUT2D eigenvalue weighted by Gasteiger charge is -2.34. The molecule has 166 valence electrons. The van der Waals surface area contributed by atoms with Gasteiger partial charge in [-0.15, -0.1) is 0 Å². The number of amides is 3. The predicted octanol–water partition coefficient (Wildman–Crippen LogP) is 2.70. The minimum Gasteiger partial charge on any atom is -0.371 e. The number of hydrogen-bond donors (Lipinski definition) is 1. The third-order valence-corrected chi connectivity index (χ3v) is 7.20. The summed E-state index contributed by atoms with van der Waals surface area (Å²) in [5, 5.41) is 5.93. The highest BCUT2D eigenvalue weighted by atomic mass is 16.2. The smallest absolute Gasteiger partial charge is 0.273 e. The van der Waals surface area contributed by atoms with Crippen LogP contribution < -0.4 is 10.2 Å². The molecular formula is C24H32N4O3. The van der Waals surface area contributed by atoms with Crippen LogP contribution in [-0.2, 0) is 16.1 Å². The van der Waals surface area contributed by atoms with Crippen LogP contribution in [0.3, 0.4) is 0 Å². The van der Waals surface area contributed by atoms with Crippen LogP contribution in [-0.4, -0.2) is 53.9 Å². The van der Waals surface area contributed by atoms with E-state index in [0.29, 0.717) is 37.3 Å². The lowest BCUT2D eigenvalue weighted by atomic mass is 9.96. The molecule has 31 heavy (non-hydrogen) atoms. The number of carbonyl (C=O) groups excluding carboxylic acids is 3. The second-order valence-corrected chi connectivity index (χ2v) is 9.49. The van der Waals surface area contributed by atoms with Crippen molar-refractivity contribution in [2.75, 3.05) is 31.1 Å². The number of rotatable bonds is 7. The van der Waals surface area contributed by atoms with E-state index in [-0.39, 0.29) is 17.7 Å². The van der Waals surface area contributed by atoms with E-state index in [1.807, 2.05) is 12.1 Å². The van der Waals surface area contributed by atoms with Gasteiger partial charge in [0.1, 0.15) is 0 Å². The molecule has 7 nitrogen and oxygen atoms in total. The average molecular weight is 425 g/mol. The van der Waals surface area contributed by atoms with Crippen LogP contribution in [0.15, 0.2) is 18.2 Å². The van der Waals surface area contributed by atoms with Crippen molar-refractivity contribution in [2.24, 2.45) is 11.8 Å². The molecule has 7 heteroatoms. The third-order valence-electron chi connectivity index (χ3n) is 7.20. The van der Waals surface area contributed by atoms with Gasteiger partial charge in [0, 0.05) is 42.7 Å². The molecule has 0 unspecified atom stereocenters. The van der Waals surface area contributed by atoms with Crippen LogP contribution in [0.25, 0.3) is 0 Å². The SMILES string of the molecule is O=C1c2cccc(N(CCC3CC3)CC3CCNCC3)c2CN1N1C(=O)CCCC1=O. The minimum absolute atomic E-state index is 0.232. The quantitative estimate of drug-likeness (QED) is 0.682. The zero-order valence-corrected chi connectivity index (χ0v) is 18.1. The Morgan fingerprint density at radius 1 is 0.968 bits per heavy atom. The van der Waals surface area contributed by atoms with Gasteiger partial charge in [-0.25, -0.2) is 5.01 Å². The van der Waals surface area contributed by atoms with Crippen molar-refractivity contribution in [3.05, 3.63) is 29.3 Å². The number of carbonyl (C=O) groups is 3. The van der Waals surface area contributed by atoms with Crippen molar-refractivity contribution in [2.45, 2.75) is 57.9 Å². The molecule has 3 amide bonds. The van der Waals surface area contributed by atoms with E-state index in [4.69, 9.17) is 0 Å². The van der Waals surface area contributed by atoms with Crippen LogP contribution in [0, 0.1) is 11.8 Å². The van der Waals surface area contributed by atoms with Crippen LogP contribution >= 0.6 is 0 Å². The van der Waals surface area contributed by atoms with Gasteiger partial charge in [0.2, 0.25) is 11.8 Å². The molecule has 1 aromatic carbocycles. The number of anilines is 1. The maximum absolute atomic E-state index is 13.2. The lowest BCUT2D eigenvalue weighted by molar-refractivity contribution is -0.163. The number of nitrogens with zero attached hydrogens (tertiary/aromatic N) is 3. The molecule has 5 rings (SSSR count). The second-order valence-electron chi connectivity index (χ2n) is 9.49. The second kappa shape index (κ2) is 8.61. The zero-order valence-electron chi connectivity index (χ0n) is 18.1. The summed E-state index contributed by atoms with van der Waals surface area (Å²) >= 11 is 0. The molecule has 0 radical (unpaired) electrons. The standard InChI is InChI=1S/C24H32N4O3/c29-22-5-2-6-23(30)28(22)27-16-20-19(24(27)31)3-1-4-21(20)26(14-11-17-7-8-17)15-18-9-12-25-13-10-18/h1,3-4,17-18,25H,2,5-16H2. The largest absolute Gasteiger partial charge is 0.371 e. The summed E-state index contributed by atoms with van der Waals surface area (Å²) in [6.07, 6.45) is 7.42. The average Bonchev–Trinajstić information content (AvgIpc) is 3.55. The lowest BCUT2D eigenvalue weighted by Crippen LogP contribution is -2.52. The molecule has 3 fully saturated rings. The molecule has 3 aliphatic heterocycles. The Balaban J connectivity index is 1.41.